The van der Waals surface area contributed by atoms with Crippen LogP contribution in [0, 0.1) is 0 Å². The van der Waals surface area contributed by atoms with Crippen LogP contribution in [0.4, 0.5) is 5.00 Å². The molecule has 10 heteroatoms. The number of carbonyl (C=O) groups excluding carboxylic acids is 1. The molecule has 0 saturated carbocycles. The minimum absolute atomic E-state index is 0.126. The molecule has 0 saturated heterocycles. The summed E-state index contributed by atoms with van der Waals surface area (Å²) < 4.78 is 22.7. The molecule has 1 aromatic heterocycles. The largest absolute Gasteiger partial charge is 0.365 e. The second-order valence-corrected chi connectivity index (χ2v) is 5.81. The number of anilines is 1. The number of nitrogens with zero attached hydrogens (tertiary/aromatic N) is 2. The van der Waals surface area contributed by atoms with E-state index in [2.05, 4.69) is 10.5 Å². The number of rotatable bonds is 3. The van der Waals surface area contributed by atoms with Crippen molar-refractivity contribution in [3.63, 3.8) is 0 Å². The van der Waals surface area contributed by atoms with E-state index in [1.165, 1.54) is 17.4 Å². The van der Waals surface area contributed by atoms with Crippen molar-refractivity contribution in [1.82, 2.24) is 5.43 Å². The first-order valence-electron chi connectivity index (χ1n) is 4.61. The molecule has 1 aliphatic heterocycles. The fourth-order valence-corrected chi connectivity index (χ4v) is 3.28. The number of primary amides is 1. The standard InChI is InChI=1S/C8H9N5O3S2/c9-8(14)7-5(18(10,15)16)4-6(17-7)13-11-2-1-3-12-13/h1-4,11H,(H2,9,14)(H2,10,15,16). The van der Waals surface area contributed by atoms with E-state index in [-0.39, 0.29) is 9.77 Å². The molecule has 0 radical (unpaired) electrons. The van der Waals surface area contributed by atoms with E-state index in [1.54, 1.807) is 12.3 Å². The van der Waals surface area contributed by atoms with Gasteiger partial charge in [-0.2, -0.15) is 10.2 Å². The lowest BCUT2D eigenvalue weighted by Gasteiger charge is -2.17. The highest BCUT2D eigenvalue weighted by molar-refractivity contribution is 7.89. The van der Waals surface area contributed by atoms with Crippen molar-refractivity contribution in [1.29, 1.82) is 0 Å². The number of carbonyl (C=O) groups is 1. The first-order valence-corrected chi connectivity index (χ1v) is 6.98. The van der Waals surface area contributed by atoms with E-state index < -0.39 is 15.9 Å². The summed E-state index contributed by atoms with van der Waals surface area (Å²) in [6, 6.07) is 1.24. The number of thiophene rings is 1. The van der Waals surface area contributed by atoms with Crippen molar-refractivity contribution < 1.29 is 13.2 Å². The number of nitrogens with two attached hydrogens (primary N) is 2. The summed E-state index contributed by atoms with van der Waals surface area (Å²) in [5.74, 6) is -0.855. The number of amides is 1. The predicted molar refractivity (Wildman–Crippen MR) is 67.5 cm³/mol. The fraction of sp³-hybridized carbons (Fsp3) is 0. The Bertz CT molecular complexity index is 646. The van der Waals surface area contributed by atoms with E-state index in [0.29, 0.717) is 5.00 Å². The van der Waals surface area contributed by atoms with Gasteiger partial charge in [0.15, 0.2) is 0 Å². The monoisotopic (exact) mass is 287 g/mol. The van der Waals surface area contributed by atoms with Crippen molar-refractivity contribution in [2.24, 2.45) is 16.0 Å². The van der Waals surface area contributed by atoms with Crippen molar-refractivity contribution in [3.05, 3.63) is 23.2 Å². The molecule has 8 nitrogen and oxygen atoms in total. The SMILES string of the molecule is NC(=O)c1sc(N2N=CC=CN2)cc1S(N)(=O)=O. The zero-order valence-electron chi connectivity index (χ0n) is 8.90. The third-order valence-corrected chi connectivity index (χ3v) is 4.17. The van der Waals surface area contributed by atoms with Crippen LogP contribution in [0.3, 0.4) is 0 Å². The third kappa shape index (κ3) is 2.34. The molecular formula is C8H9N5O3S2. The summed E-state index contributed by atoms with van der Waals surface area (Å²) in [6.45, 7) is 0. The quantitative estimate of drug-likeness (QED) is 0.677. The van der Waals surface area contributed by atoms with Gasteiger partial charge in [0.25, 0.3) is 5.91 Å². The predicted octanol–water partition coefficient (Wildman–Crippen LogP) is -0.681. The lowest BCUT2D eigenvalue weighted by atomic mass is 10.4. The minimum Gasteiger partial charge on any atom is -0.365 e. The van der Waals surface area contributed by atoms with E-state index in [4.69, 9.17) is 10.9 Å². The Hall–Kier alpha value is -1.91. The lowest BCUT2D eigenvalue weighted by Crippen LogP contribution is -2.30. The normalized spacial score (nSPS) is 14.6. The molecule has 1 aromatic rings. The highest BCUT2D eigenvalue weighted by Crippen LogP contribution is 2.32. The lowest BCUT2D eigenvalue weighted by molar-refractivity contribution is 0.100. The van der Waals surface area contributed by atoms with Crippen LogP contribution < -0.4 is 21.4 Å². The van der Waals surface area contributed by atoms with Crippen LogP contribution in [0.5, 0.6) is 0 Å². The summed E-state index contributed by atoms with van der Waals surface area (Å²) in [6.07, 6.45) is 4.74. The van der Waals surface area contributed by atoms with Gasteiger partial charge in [-0.15, -0.1) is 11.3 Å². The Morgan fingerprint density at radius 2 is 2.22 bits per heavy atom. The molecule has 0 spiro atoms. The molecule has 0 aliphatic carbocycles. The number of sulfonamides is 1. The molecule has 0 atom stereocenters. The fourth-order valence-electron chi connectivity index (χ4n) is 1.27. The van der Waals surface area contributed by atoms with Gasteiger partial charge < -0.3 is 5.73 Å². The topological polar surface area (TPSA) is 131 Å². The van der Waals surface area contributed by atoms with Crippen LogP contribution in [0.15, 0.2) is 28.3 Å². The minimum atomic E-state index is -4.01. The molecule has 5 N–H and O–H groups in total. The number of hydrazine groups is 1. The molecule has 1 aliphatic rings. The molecule has 0 unspecified atom stereocenters. The van der Waals surface area contributed by atoms with Crippen LogP contribution in [0.25, 0.3) is 0 Å². The van der Waals surface area contributed by atoms with Crippen LogP contribution in [0.2, 0.25) is 0 Å². The summed E-state index contributed by atoms with van der Waals surface area (Å²) >= 11 is 0.883. The van der Waals surface area contributed by atoms with Crippen LogP contribution >= 0.6 is 11.3 Å². The molecular weight excluding hydrogens is 278 g/mol. The summed E-state index contributed by atoms with van der Waals surface area (Å²) in [5, 5.41) is 10.6. The summed E-state index contributed by atoms with van der Waals surface area (Å²) in [7, 11) is -4.01. The van der Waals surface area contributed by atoms with Gasteiger partial charge in [-0.05, 0) is 12.1 Å². The smallest absolute Gasteiger partial charge is 0.260 e. The molecule has 2 heterocycles. The van der Waals surface area contributed by atoms with Crippen molar-refractivity contribution in [3.8, 4) is 0 Å². The maximum Gasteiger partial charge on any atom is 0.260 e. The summed E-state index contributed by atoms with van der Waals surface area (Å²) in [5.41, 5.74) is 7.86. The second kappa shape index (κ2) is 4.40. The van der Waals surface area contributed by atoms with Crippen LogP contribution in [-0.4, -0.2) is 20.5 Å². The molecule has 18 heavy (non-hydrogen) atoms. The Morgan fingerprint density at radius 3 is 2.67 bits per heavy atom. The van der Waals surface area contributed by atoms with Crippen LogP contribution in [0.1, 0.15) is 9.67 Å². The zero-order chi connectivity index (χ0) is 13.3. The van der Waals surface area contributed by atoms with Gasteiger partial charge in [-0.3, -0.25) is 10.2 Å². The number of nitrogens with one attached hydrogen (secondary N) is 1. The molecule has 2 rings (SSSR count). The van der Waals surface area contributed by atoms with Crippen molar-refractivity contribution in [2.45, 2.75) is 4.90 Å². The van der Waals surface area contributed by atoms with Gasteiger partial charge >= 0.3 is 0 Å². The number of hydrazone groups is 1. The molecule has 1 amide bonds. The molecule has 0 fully saturated rings. The highest BCUT2D eigenvalue weighted by Gasteiger charge is 2.24. The van der Waals surface area contributed by atoms with Crippen molar-refractivity contribution >= 4 is 38.5 Å². The Kier molecular flexibility index (Phi) is 3.07. The third-order valence-electron chi connectivity index (χ3n) is 1.99. The van der Waals surface area contributed by atoms with E-state index in [1.807, 2.05) is 0 Å². The molecule has 96 valence electrons. The van der Waals surface area contributed by atoms with Gasteiger partial charge in [-0.25, -0.2) is 13.6 Å². The first-order chi connectivity index (χ1) is 8.39. The number of allylic oxidation sites excluding steroid dienone is 1. The van der Waals surface area contributed by atoms with Gasteiger partial charge in [0.2, 0.25) is 10.0 Å². The molecule has 0 aromatic carbocycles. The Morgan fingerprint density at radius 1 is 1.50 bits per heavy atom. The molecule has 0 bridgehead atoms. The summed E-state index contributed by atoms with van der Waals surface area (Å²) in [4.78, 5) is 10.8. The Labute approximate surface area is 107 Å². The first kappa shape index (κ1) is 12.5. The average Bonchev–Trinajstić information content (AvgIpc) is 2.74. The van der Waals surface area contributed by atoms with Gasteiger partial charge in [-0.1, -0.05) is 0 Å². The maximum atomic E-state index is 11.3. The zero-order valence-corrected chi connectivity index (χ0v) is 10.5. The van der Waals surface area contributed by atoms with Crippen LogP contribution in [-0.2, 0) is 10.0 Å². The highest BCUT2D eigenvalue weighted by atomic mass is 32.2. The number of primary sulfonamides is 1. The van der Waals surface area contributed by atoms with E-state index >= 15 is 0 Å². The Balaban J connectivity index is 2.49. The van der Waals surface area contributed by atoms with Gasteiger partial charge in [0.1, 0.15) is 14.8 Å². The maximum absolute atomic E-state index is 11.3. The average molecular weight is 287 g/mol. The van der Waals surface area contributed by atoms with Gasteiger partial charge in [0.05, 0.1) is 6.21 Å². The van der Waals surface area contributed by atoms with Gasteiger partial charge in [0, 0.05) is 6.20 Å². The van der Waals surface area contributed by atoms with E-state index in [9.17, 15) is 13.2 Å². The van der Waals surface area contributed by atoms with E-state index in [0.717, 1.165) is 11.3 Å². The number of hydrogen-bond donors (Lipinski definition) is 3. The number of hydrogen-bond acceptors (Lipinski definition) is 7. The second-order valence-electron chi connectivity index (χ2n) is 3.25. The van der Waals surface area contributed by atoms with Crippen molar-refractivity contribution in [2.75, 3.05) is 5.12 Å².